The number of amides is 1. The number of esters is 1. The Morgan fingerprint density at radius 1 is 0.828 bits per heavy atom. The Hall–Kier alpha value is -3.73. The Morgan fingerprint density at radius 3 is 2.21 bits per heavy atom. The van der Waals surface area contributed by atoms with Crippen LogP contribution in [-0.2, 0) is 4.74 Å². The molecule has 1 N–H and O–H groups in total. The van der Waals surface area contributed by atoms with E-state index in [4.69, 9.17) is 4.74 Å². The van der Waals surface area contributed by atoms with Gasteiger partial charge in [-0.3, -0.25) is 9.59 Å². The topological polar surface area (TPSA) is 72.5 Å². The van der Waals surface area contributed by atoms with Crippen molar-refractivity contribution in [3.63, 3.8) is 0 Å². The monoisotopic (exact) mass is 387 g/mol. The van der Waals surface area contributed by atoms with Crippen LogP contribution in [-0.4, -0.2) is 24.3 Å². The number of hydrogen-bond acceptors (Lipinski definition) is 4. The molecular formula is C24H21NO4. The van der Waals surface area contributed by atoms with E-state index >= 15 is 0 Å². The maximum absolute atomic E-state index is 12.3. The average molecular weight is 387 g/mol. The van der Waals surface area contributed by atoms with Gasteiger partial charge >= 0.3 is 5.97 Å². The first-order valence-corrected chi connectivity index (χ1v) is 9.18. The Kier molecular flexibility index (Phi) is 6.19. The Balaban J connectivity index is 1.58. The summed E-state index contributed by atoms with van der Waals surface area (Å²) in [5, 5.41) is 2.76. The third-order valence-corrected chi connectivity index (χ3v) is 4.44. The third-order valence-electron chi connectivity index (χ3n) is 4.44. The van der Waals surface area contributed by atoms with Gasteiger partial charge in [-0.2, -0.15) is 0 Å². The van der Waals surface area contributed by atoms with E-state index < -0.39 is 5.97 Å². The summed E-state index contributed by atoms with van der Waals surface area (Å²) in [5.74, 6) is -1.07. The number of carbonyl (C=O) groups excluding carboxylic acids is 3. The number of aryl methyl sites for hydroxylation is 2. The summed E-state index contributed by atoms with van der Waals surface area (Å²) in [6.07, 6.45) is 0. The van der Waals surface area contributed by atoms with Crippen LogP contribution < -0.4 is 5.32 Å². The SMILES string of the molecule is Cc1ccc(C)c(C(=O)COC(=O)c2ccc(NC(=O)c3ccccc3)cc2)c1. The number of rotatable bonds is 6. The van der Waals surface area contributed by atoms with Crippen molar-refractivity contribution >= 4 is 23.3 Å². The van der Waals surface area contributed by atoms with Crippen LogP contribution in [0.25, 0.3) is 0 Å². The summed E-state index contributed by atoms with van der Waals surface area (Å²) < 4.78 is 5.15. The van der Waals surface area contributed by atoms with Crippen LogP contribution >= 0.6 is 0 Å². The van der Waals surface area contributed by atoms with Crippen molar-refractivity contribution < 1.29 is 19.1 Å². The summed E-state index contributed by atoms with van der Waals surface area (Å²) in [5.41, 5.74) is 3.77. The molecule has 0 aliphatic carbocycles. The lowest BCUT2D eigenvalue weighted by Crippen LogP contribution is -2.15. The molecule has 5 nitrogen and oxygen atoms in total. The second-order valence-electron chi connectivity index (χ2n) is 6.72. The van der Waals surface area contributed by atoms with Gasteiger partial charge in [0.25, 0.3) is 5.91 Å². The van der Waals surface area contributed by atoms with Crippen molar-refractivity contribution in [2.75, 3.05) is 11.9 Å². The molecule has 0 heterocycles. The maximum Gasteiger partial charge on any atom is 0.338 e. The van der Waals surface area contributed by atoms with Crippen LogP contribution in [0.15, 0.2) is 72.8 Å². The number of benzene rings is 3. The lowest BCUT2D eigenvalue weighted by Gasteiger charge is -2.09. The number of nitrogens with one attached hydrogen (secondary N) is 1. The molecule has 0 aliphatic rings. The van der Waals surface area contributed by atoms with Crippen LogP contribution in [0.5, 0.6) is 0 Å². The zero-order chi connectivity index (χ0) is 20.8. The number of anilines is 1. The second kappa shape index (κ2) is 8.97. The Bertz CT molecular complexity index is 1040. The highest BCUT2D eigenvalue weighted by Gasteiger charge is 2.14. The van der Waals surface area contributed by atoms with Gasteiger partial charge in [-0.15, -0.1) is 0 Å². The molecule has 0 saturated heterocycles. The van der Waals surface area contributed by atoms with Crippen molar-refractivity contribution in [1.82, 2.24) is 0 Å². The summed E-state index contributed by atoms with van der Waals surface area (Å²) in [7, 11) is 0. The van der Waals surface area contributed by atoms with E-state index in [0.29, 0.717) is 22.4 Å². The molecule has 0 unspecified atom stereocenters. The molecule has 0 bridgehead atoms. The normalized spacial score (nSPS) is 10.3. The van der Waals surface area contributed by atoms with Gasteiger partial charge in [0.05, 0.1) is 5.56 Å². The fourth-order valence-corrected chi connectivity index (χ4v) is 2.81. The first-order chi connectivity index (χ1) is 13.9. The first kappa shape index (κ1) is 20.0. The van der Waals surface area contributed by atoms with Crippen molar-refractivity contribution in [1.29, 1.82) is 0 Å². The molecule has 0 atom stereocenters. The van der Waals surface area contributed by atoms with Gasteiger partial charge in [-0.25, -0.2) is 4.79 Å². The maximum atomic E-state index is 12.3. The molecule has 0 aromatic heterocycles. The van der Waals surface area contributed by atoms with Crippen molar-refractivity contribution in [2.45, 2.75) is 13.8 Å². The largest absolute Gasteiger partial charge is 0.454 e. The Labute approximate surface area is 169 Å². The standard InChI is InChI=1S/C24H21NO4/c1-16-8-9-17(2)21(14-16)22(26)15-29-24(28)19-10-12-20(13-11-19)25-23(27)18-6-4-3-5-7-18/h3-14H,15H2,1-2H3,(H,25,27). The number of carbonyl (C=O) groups is 3. The molecule has 3 aromatic rings. The van der Waals surface area contributed by atoms with Crippen LogP contribution in [0, 0.1) is 13.8 Å². The molecule has 5 heteroatoms. The molecular weight excluding hydrogens is 366 g/mol. The van der Waals surface area contributed by atoms with E-state index in [2.05, 4.69) is 5.32 Å². The van der Waals surface area contributed by atoms with Crippen molar-refractivity contribution in [3.8, 4) is 0 Å². The van der Waals surface area contributed by atoms with Crippen molar-refractivity contribution in [2.24, 2.45) is 0 Å². The van der Waals surface area contributed by atoms with E-state index in [1.807, 2.05) is 32.0 Å². The van der Waals surface area contributed by atoms with Gasteiger partial charge in [0, 0.05) is 16.8 Å². The summed E-state index contributed by atoms with van der Waals surface area (Å²) >= 11 is 0. The number of hydrogen-bond donors (Lipinski definition) is 1. The van der Waals surface area contributed by atoms with Gasteiger partial charge in [-0.1, -0.05) is 35.9 Å². The smallest absolute Gasteiger partial charge is 0.338 e. The second-order valence-corrected chi connectivity index (χ2v) is 6.72. The summed E-state index contributed by atoms with van der Waals surface area (Å²) in [4.78, 5) is 36.7. The average Bonchev–Trinajstić information content (AvgIpc) is 2.74. The highest BCUT2D eigenvalue weighted by Crippen LogP contribution is 2.14. The molecule has 1 amide bonds. The highest BCUT2D eigenvalue weighted by molar-refractivity contribution is 6.04. The van der Waals surface area contributed by atoms with Crippen LogP contribution in [0.4, 0.5) is 5.69 Å². The summed E-state index contributed by atoms with van der Waals surface area (Å²) in [6.45, 7) is 3.42. The lowest BCUT2D eigenvalue weighted by molar-refractivity contribution is 0.0474. The van der Waals surface area contributed by atoms with Gasteiger partial charge in [0.2, 0.25) is 5.78 Å². The van der Waals surface area contributed by atoms with E-state index in [9.17, 15) is 14.4 Å². The Morgan fingerprint density at radius 2 is 1.52 bits per heavy atom. The minimum Gasteiger partial charge on any atom is -0.454 e. The molecule has 3 aromatic carbocycles. The van der Waals surface area contributed by atoms with E-state index in [-0.39, 0.29) is 18.3 Å². The van der Waals surface area contributed by atoms with Crippen LogP contribution in [0.3, 0.4) is 0 Å². The molecule has 29 heavy (non-hydrogen) atoms. The fourth-order valence-electron chi connectivity index (χ4n) is 2.81. The minimum absolute atomic E-state index is 0.236. The van der Waals surface area contributed by atoms with E-state index in [0.717, 1.165) is 11.1 Å². The predicted molar refractivity (Wildman–Crippen MR) is 111 cm³/mol. The summed E-state index contributed by atoms with van der Waals surface area (Å²) in [6, 6.07) is 20.7. The van der Waals surface area contributed by atoms with Gasteiger partial charge in [-0.05, 0) is 61.9 Å². The molecule has 146 valence electrons. The quantitative estimate of drug-likeness (QED) is 0.496. The fraction of sp³-hybridized carbons (Fsp3) is 0.125. The molecule has 0 radical (unpaired) electrons. The van der Waals surface area contributed by atoms with Gasteiger partial charge in [0.15, 0.2) is 6.61 Å². The number of Topliss-reactive ketones (excluding diaryl/α,β-unsaturated/α-hetero) is 1. The first-order valence-electron chi connectivity index (χ1n) is 9.18. The van der Waals surface area contributed by atoms with Crippen molar-refractivity contribution in [3.05, 3.63) is 101 Å². The van der Waals surface area contributed by atoms with Crippen LogP contribution in [0.1, 0.15) is 42.2 Å². The predicted octanol–water partition coefficient (Wildman–Crippen LogP) is 4.60. The number of ether oxygens (including phenoxy) is 1. The minimum atomic E-state index is -0.593. The molecule has 3 rings (SSSR count). The van der Waals surface area contributed by atoms with E-state index in [1.165, 1.54) is 0 Å². The van der Waals surface area contributed by atoms with Gasteiger partial charge < -0.3 is 10.1 Å². The third kappa shape index (κ3) is 5.17. The highest BCUT2D eigenvalue weighted by atomic mass is 16.5. The lowest BCUT2D eigenvalue weighted by atomic mass is 10.0. The van der Waals surface area contributed by atoms with E-state index in [1.54, 1.807) is 54.6 Å². The zero-order valence-electron chi connectivity index (χ0n) is 16.3. The van der Waals surface area contributed by atoms with Crippen LogP contribution in [0.2, 0.25) is 0 Å². The molecule has 0 aliphatic heterocycles. The van der Waals surface area contributed by atoms with Gasteiger partial charge in [0.1, 0.15) is 0 Å². The molecule has 0 saturated carbocycles. The molecule has 0 spiro atoms. The molecule has 0 fully saturated rings. The zero-order valence-corrected chi connectivity index (χ0v) is 16.3. The number of ketones is 1.